The van der Waals surface area contributed by atoms with Crippen molar-refractivity contribution < 1.29 is 11.3 Å². The fourth-order valence-electron chi connectivity index (χ4n) is 6.81. The van der Waals surface area contributed by atoms with Gasteiger partial charge in [-0.1, -0.05) is 145 Å². The van der Waals surface area contributed by atoms with Crippen LogP contribution in [0.4, 0.5) is 0 Å². The second kappa shape index (κ2) is 9.44. The topological polar surface area (TPSA) is 13.1 Å². The van der Waals surface area contributed by atoms with Crippen molar-refractivity contribution in [1.82, 2.24) is 0 Å². The Labute approximate surface area is 256 Å². The van der Waals surface area contributed by atoms with Crippen LogP contribution >= 0.6 is 0 Å². The van der Waals surface area contributed by atoms with Crippen LogP contribution in [0.25, 0.3) is 87.6 Å². The first kappa shape index (κ1) is 19.5. The third kappa shape index (κ3) is 3.58. The molecular formula is C42H26O. The molecule has 1 nitrogen and oxygen atoms in total. The lowest BCUT2D eigenvalue weighted by Gasteiger charge is -2.20. The third-order valence-corrected chi connectivity index (χ3v) is 8.55. The highest BCUT2D eigenvalue weighted by molar-refractivity contribution is 6.25. The molecular weight excluding hydrogens is 520 g/mol. The molecule has 0 amide bonds. The first-order valence-corrected chi connectivity index (χ1v) is 14.4. The lowest BCUT2D eigenvalue weighted by Crippen LogP contribution is -1.92. The number of fused-ring (bicyclic) bond motifs is 7. The molecule has 1 heteroatoms. The van der Waals surface area contributed by atoms with E-state index in [-0.39, 0.29) is 29.7 Å². The molecule has 1 aromatic heterocycles. The smallest absolute Gasteiger partial charge is 0.136 e. The summed E-state index contributed by atoms with van der Waals surface area (Å²) in [6.45, 7) is 0. The van der Waals surface area contributed by atoms with Crippen molar-refractivity contribution in [2.24, 2.45) is 0 Å². The van der Waals surface area contributed by atoms with E-state index in [2.05, 4.69) is 72.8 Å². The van der Waals surface area contributed by atoms with E-state index in [4.69, 9.17) is 11.3 Å². The van der Waals surface area contributed by atoms with Gasteiger partial charge in [-0.3, -0.25) is 0 Å². The molecule has 0 saturated carbocycles. The molecule has 0 bridgehead atoms. The maximum absolute atomic E-state index is 8.89. The summed E-state index contributed by atoms with van der Waals surface area (Å²) in [5.74, 6) is 0. The molecule has 0 aliphatic carbocycles. The van der Waals surface area contributed by atoms with Crippen molar-refractivity contribution in [1.29, 1.82) is 0 Å². The van der Waals surface area contributed by atoms with E-state index in [9.17, 15) is 0 Å². The lowest BCUT2D eigenvalue weighted by atomic mass is 9.83. The molecule has 0 spiro atoms. The van der Waals surface area contributed by atoms with E-state index < -0.39 is 6.04 Å². The number of furan rings is 1. The predicted octanol–water partition coefficient (Wildman–Crippen LogP) is 12.0. The van der Waals surface area contributed by atoms with Gasteiger partial charge in [0, 0.05) is 10.8 Å². The molecule has 0 saturated heterocycles. The molecule has 0 radical (unpaired) electrons. The van der Waals surface area contributed by atoms with Crippen LogP contribution in [0.5, 0.6) is 0 Å². The zero-order chi connectivity index (χ0) is 32.7. The minimum absolute atomic E-state index is 0.203. The monoisotopic (exact) mass is 551 g/mol. The van der Waals surface area contributed by atoms with E-state index in [1.807, 2.05) is 54.6 Å². The SMILES string of the molecule is [2H]c1c([2H])c([2H])c(-c2c3ccccc3c(-c3ccccc3-c3cccc4oc5ccc6ccccc6c5c34)c3ccccc23)c([2H])c1[2H]. The Bertz CT molecular complexity index is 2710. The fourth-order valence-corrected chi connectivity index (χ4v) is 6.81. The van der Waals surface area contributed by atoms with Crippen LogP contribution < -0.4 is 0 Å². The van der Waals surface area contributed by atoms with Crippen LogP contribution in [-0.2, 0) is 0 Å². The molecule has 43 heavy (non-hydrogen) atoms. The Balaban J connectivity index is 1.42. The maximum atomic E-state index is 8.89. The zero-order valence-corrected chi connectivity index (χ0v) is 23.0. The molecule has 9 rings (SSSR count). The summed E-state index contributed by atoms with van der Waals surface area (Å²) in [5.41, 5.74) is 6.64. The standard InChI is InChI=1S/C42H26O/c1-2-14-28(15-3-1)39-33-19-8-10-21-35(33)40(36-22-11-9-20-34(36)39)31-18-7-6-17-30(31)32-23-12-24-37-42(32)41-29-16-5-4-13-27(29)25-26-38(41)43-37/h1-26H/i1D,2D,3D,14D,15D. The summed E-state index contributed by atoms with van der Waals surface area (Å²) >= 11 is 0. The quantitative estimate of drug-likeness (QED) is 0.199. The maximum Gasteiger partial charge on any atom is 0.136 e. The molecule has 0 fully saturated rings. The summed E-state index contributed by atoms with van der Waals surface area (Å²) in [7, 11) is 0. The summed E-state index contributed by atoms with van der Waals surface area (Å²) in [6.07, 6.45) is 0. The number of hydrogen-bond acceptors (Lipinski definition) is 1. The van der Waals surface area contributed by atoms with Crippen LogP contribution in [0.3, 0.4) is 0 Å². The van der Waals surface area contributed by atoms with Crippen molar-refractivity contribution >= 4 is 54.3 Å². The number of hydrogen-bond donors (Lipinski definition) is 0. The predicted molar refractivity (Wildman–Crippen MR) is 183 cm³/mol. The number of rotatable bonds is 3. The van der Waals surface area contributed by atoms with Gasteiger partial charge in [-0.05, 0) is 77.8 Å². The van der Waals surface area contributed by atoms with Crippen LogP contribution in [0.15, 0.2) is 162 Å². The zero-order valence-electron chi connectivity index (χ0n) is 28.0. The summed E-state index contributed by atoms with van der Waals surface area (Å²) in [6, 6.07) is 41.6. The van der Waals surface area contributed by atoms with Crippen LogP contribution in [0, 0.1) is 0 Å². The average Bonchev–Trinajstić information content (AvgIpc) is 3.53. The normalized spacial score (nSPS) is 13.3. The first-order chi connectivity index (χ1) is 23.4. The van der Waals surface area contributed by atoms with Gasteiger partial charge in [0.25, 0.3) is 0 Å². The Morgan fingerprint density at radius 1 is 0.395 bits per heavy atom. The molecule has 200 valence electrons. The third-order valence-electron chi connectivity index (χ3n) is 8.55. The Morgan fingerprint density at radius 2 is 0.953 bits per heavy atom. The van der Waals surface area contributed by atoms with Gasteiger partial charge in [0.2, 0.25) is 0 Å². The van der Waals surface area contributed by atoms with Crippen LogP contribution in [0.2, 0.25) is 0 Å². The van der Waals surface area contributed by atoms with Crippen molar-refractivity contribution in [2.45, 2.75) is 0 Å². The fraction of sp³-hybridized carbons (Fsp3) is 0. The van der Waals surface area contributed by atoms with Gasteiger partial charge in [-0.15, -0.1) is 0 Å². The van der Waals surface area contributed by atoms with Gasteiger partial charge in [-0.25, -0.2) is 0 Å². The highest BCUT2D eigenvalue weighted by Crippen LogP contribution is 2.48. The molecule has 0 atom stereocenters. The molecule has 9 aromatic rings. The van der Waals surface area contributed by atoms with Crippen molar-refractivity contribution in [2.75, 3.05) is 0 Å². The van der Waals surface area contributed by atoms with E-state index in [1.165, 1.54) is 0 Å². The molecule has 0 aliphatic rings. The Kier molecular flexibility index (Phi) is 4.27. The minimum atomic E-state index is -0.401. The van der Waals surface area contributed by atoms with Gasteiger partial charge < -0.3 is 4.42 Å². The molecule has 1 heterocycles. The van der Waals surface area contributed by atoms with Gasteiger partial charge in [0.15, 0.2) is 0 Å². The van der Waals surface area contributed by atoms with E-state index in [0.29, 0.717) is 5.56 Å². The highest BCUT2D eigenvalue weighted by Gasteiger charge is 2.21. The highest BCUT2D eigenvalue weighted by atomic mass is 16.3. The van der Waals surface area contributed by atoms with E-state index in [1.54, 1.807) is 0 Å². The van der Waals surface area contributed by atoms with Crippen molar-refractivity contribution in [3.63, 3.8) is 0 Å². The van der Waals surface area contributed by atoms with E-state index >= 15 is 0 Å². The van der Waals surface area contributed by atoms with Crippen molar-refractivity contribution in [3.05, 3.63) is 158 Å². The van der Waals surface area contributed by atoms with Crippen LogP contribution in [0.1, 0.15) is 6.85 Å². The largest absolute Gasteiger partial charge is 0.456 e. The minimum Gasteiger partial charge on any atom is -0.456 e. The molecule has 0 unspecified atom stereocenters. The lowest BCUT2D eigenvalue weighted by molar-refractivity contribution is 0.669. The van der Waals surface area contributed by atoms with Gasteiger partial charge >= 0.3 is 0 Å². The van der Waals surface area contributed by atoms with Gasteiger partial charge in [0.1, 0.15) is 11.2 Å². The van der Waals surface area contributed by atoms with Gasteiger partial charge in [0.05, 0.1) is 6.85 Å². The second-order valence-electron chi connectivity index (χ2n) is 10.8. The Morgan fingerprint density at radius 3 is 1.67 bits per heavy atom. The molecule has 8 aromatic carbocycles. The van der Waals surface area contributed by atoms with E-state index in [0.717, 1.165) is 76.5 Å². The van der Waals surface area contributed by atoms with Crippen molar-refractivity contribution in [3.8, 4) is 33.4 Å². The Hall–Kier alpha value is -5.66. The average molecular weight is 552 g/mol. The number of benzene rings is 8. The summed E-state index contributed by atoms with van der Waals surface area (Å²) in [5, 5.41) is 7.92. The molecule has 0 N–H and O–H groups in total. The summed E-state index contributed by atoms with van der Waals surface area (Å²) < 4.78 is 49.3. The second-order valence-corrected chi connectivity index (χ2v) is 10.8. The van der Waals surface area contributed by atoms with Gasteiger partial charge in [-0.2, -0.15) is 0 Å². The van der Waals surface area contributed by atoms with Crippen LogP contribution in [-0.4, -0.2) is 0 Å². The summed E-state index contributed by atoms with van der Waals surface area (Å²) in [4.78, 5) is 0. The molecule has 0 aliphatic heterocycles. The first-order valence-electron chi connectivity index (χ1n) is 16.9.